The molecule has 2 N–H and O–H groups in total. The van der Waals surface area contributed by atoms with Crippen molar-refractivity contribution in [3.8, 4) is 5.69 Å². The molecule has 3 heterocycles. The summed E-state index contributed by atoms with van der Waals surface area (Å²) in [6.45, 7) is 0.315. The van der Waals surface area contributed by atoms with Gasteiger partial charge in [-0.05, 0) is 43.0 Å². The number of hydrogen-bond acceptors (Lipinski definition) is 6. The van der Waals surface area contributed by atoms with Gasteiger partial charge in [-0.25, -0.2) is 4.68 Å². The van der Waals surface area contributed by atoms with Crippen molar-refractivity contribution in [1.82, 2.24) is 25.2 Å². The number of benzene rings is 1. The maximum atomic E-state index is 12.8. The van der Waals surface area contributed by atoms with Gasteiger partial charge >= 0.3 is 0 Å². The lowest BCUT2D eigenvalue weighted by molar-refractivity contribution is -0.136. The summed E-state index contributed by atoms with van der Waals surface area (Å²) >= 11 is 0. The predicted molar refractivity (Wildman–Crippen MR) is 109 cm³/mol. The molecular formula is C22H25N5O4. The summed E-state index contributed by atoms with van der Waals surface area (Å²) in [7, 11) is 0. The summed E-state index contributed by atoms with van der Waals surface area (Å²) in [5.74, 6) is -0.915. The number of imide groups is 1. The number of aliphatic hydroxyl groups is 1. The quantitative estimate of drug-likeness (QED) is 0.715. The van der Waals surface area contributed by atoms with E-state index >= 15 is 0 Å². The third kappa shape index (κ3) is 3.74. The van der Waals surface area contributed by atoms with Gasteiger partial charge in [0.25, 0.3) is 5.91 Å². The highest BCUT2D eigenvalue weighted by molar-refractivity contribution is 6.05. The molecule has 1 unspecified atom stereocenters. The van der Waals surface area contributed by atoms with Crippen LogP contribution >= 0.6 is 0 Å². The van der Waals surface area contributed by atoms with Crippen molar-refractivity contribution < 1.29 is 19.5 Å². The fraction of sp³-hybridized carbons (Fsp3) is 0.500. The Hall–Kier alpha value is -3.07. The molecule has 1 aromatic heterocycles. The molecule has 1 saturated heterocycles. The van der Waals surface area contributed by atoms with Gasteiger partial charge in [0.1, 0.15) is 6.04 Å². The topological polar surface area (TPSA) is 117 Å². The van der Waals surface area contributed by atoms with E-state index in [-0.39, 0.29) is 18.2 Å². The summed E-state index contributed by atoms with van der Waals surface area (Å²) in [4.78, 5) is 38.0. The summed E-state index contributed by atoms with van der Waals surface area (Å²) < 4.78 is 1.65. The molecule has 0 spiro atoms. The van der Waals surface area contributed by atoms with Crippen LogP contribution in [0.3, 0.4) is 0 Å². The smallest absolute Gasteiger partial charge is 0.255 e. The zero-order chi connectivity index (χ0) is 21.6. The van der Waals surface area contributed by atoms with Crippen molar-refractivity contribution in [2.45, 2.75) is 69.6 Å². The molecule has 9 heteroatoms. The molecule has 1 aliphatic carbocycles. The Balaban J connectivity index is 1.33. The van der Waals surface area contributed by atoms with Gasteiger partial charge in [0.2, 0.25) is 11.8 Å². The lowest BCUT2D eigenvalue weighted by atomic mass is 9.82. The first kappa shape index (κ1) is 19.9. The Morgan fingerprint density at radius 3 is 2.74 bits per heavy atom. The van der Waals surface area contributed by atoms with Gasteiger partial charge in [-0.3, -0.25) is 19.7 Å². The van der Waals surface area contributed by atoms with Gasteiger partial charge in [-0.15, -0.1) is 5.10 Å². The van der Waals surface area contributed by atoms with Crippen LogP contribution in [0.1, 0.15) is 66.6 Å². The number of aromatic nitrogens is 3. The highest BCUT2D eigenvalue weighted by Crippen LogP contribution is 2.31. The molecule has 1 aromatic carbocycles. The molecule has 0 radical (unpaired) electrons. The van der Waals surface area contributed by atoms with Gasteiger partial charge in [0, 0.05) is 24.9 Å². The van der Waals surface area contributed by atoms with Crippen LogP contribution in [-0.4, -0.2) is 54.4 Å². The molecule has 31 heavy (non-hydrogen) atoms. The number of hydrogen-bond donors (Lipinski definition) is 2. The summed E-state index contributed by atoms with van der Waals surface area (Å²) in [6.07, 6.45) is 7.69. The van der Waals surface area contributed by atoms with E-state index in [9.17, 15) is 19.5 Å². The van der Waals surface area contributed by atoms with Crippen LogP contribution < -0.4 is 5.32 Å². The second-order valence-electron chi connectivity index (χ2n) is 8.86. The molecule has 3 aliphatic rings. The lowest BCUT2D eigenvalue weighted by Gasteiger charge is -2.31. The molecule has 1 atom stereocenters. The number of fused-ring (bicyclic) bond motifs is 1. The number of carbonyl (C=O) groups is 3. The first-order chi connectivity index (χ1) is 14.9. The minimum absolute atomic E-state index is 0.199. The molecule has 2 aliphatic heterocycles. The van der Waals surface area contributed by atoms with E-state index < -0.39 is 17.6 Å². The van der Waals surface area contributed by atoms with E-state index in [2.05, 4.69) is 15.6 Å². The normalized spacial score (nSPS) is 23.1. The minimum Gasteiger partial charge on any atom is -0.389 e. The number of piperidine rings is 1. The van der Waals surface area contributed by atoms with Gasteiger partial charge in [-0.1, -0.05) is 24.5 Å². The van der Waals surface area contributed by atoms with E-state index in [1.807, 2.05) is 12.3 Å². The van der Waals surface area contributed by atoms with Crippen LogP contribution in [0.2, 0.25) is 0 Å². The third-order valence-electron chi connectivity index (χ3n) is 6.61. The zero-order valence-corrected chi connectivity index (χ0v) is 17.2. The molecule has 2 aromatic rings. The van der Waals surface area contributed by atoms with Crippen LogP contribution in [0.15, 0.2) is 24.4 Å². The van der Waals surface area contributed by atoms with Gasteiger partial charge in [0.05, 0.1) is 23.2 Å². The van der Waals surface area contributed by atoms with Crippen molar-refractivity contribution >= 4 is 17.7 Å². The molecule has 162 valence electrons. The number of nitrogens with one attached hydrogen (secondary N) is 1. The first-order valence-electron chi connectivity index (χ1n) is 10.8. The van der Waals surface area contributed by atoms with Crippen LogP contribution in [0.25, 0.3) is 5.69 Å². The SMILES string of the molecule is O=C1CCC(N2Cc3cc(-n4cc(CC5(O)CCCCC5)nn4)ccc3C2=O)C(=O)N1. The van der Waals surface area contributed by atoms with Crippen molar-refractivity contribution in [2.24, 2.45) is 0 Å². The summed E-state index contributed by atoms with van der Waals surface area (Å²) in [5, 5.41) is 21.5. The van der Waals surface area contributed by atoms with Crippen molar-refractivity contribution in [1.29, 1.82) is 0 Å². The van der Waals surface area contributed by atoms with Gasteiger partial charge < -0.3 is 10.0 Å². The average Bonchev–Trinajstić information content (AvgIpc) is 3.32. The Kier molecular flexibility index (Phi) is 4.85. The average molecular weight is 423 g/mol. The summed E-state index contributed by atoms with van der Waals surface area (Å²) in [6, 6.07) is 4.80. The fourth-order valence-electron chi connectivity index (χ4n) is 4.93. The Bertz CT molecular complexity index is 1060. The van der Waals surface area contributed by atoms with E-state index in [4.69, 9.17) is 0 Å². The van der Waals surface area contributed by atoms with Crippen molar-refractivity contribution in [3.63, 3.8) is 0 Å². The predicted octanol–water partition coefficient (Wildman–Crippen LogP) is 1.27. The maximum Gasteiger partial charge on any atom is 0.255 e. The van der Waals surface area contributed by atoms with Gasteiger partial charge in [-0.2, -0.15) is 0 Å². The standard InChI is InChI=1S/C22H25N5O4/c28-19-7-6-18(20(29)23-19)26-12-14-10-16(4-5-17(14)21(26)30)27-13-15(24-25-27)11-22(31)8-2-1-3-9-22/h4-5,10,13,18,31H,1-3,6-9,11-12H2,(H,23,28,29). The number of carbonyl (C=O) groups excluding carboxylic acids is 3. The lowest BCUT2D eigenvalue weighted by Crippen LogP contribution is -2.52. The number of rotatable bonds is 4. The number of amides is 3. The second-order valence-corrected chi connectivity index (χ2v) is 8.86. The van der Waals surface area contributed by atoms with Crippen LogP contribution in [-0.2, 0) is 22.6 Å². The fourth-order valence-corrected chi connectivity index (χ4v) is 4.93. The maximum absolute atomic E-state index is 12.8. The highest BCUT2D eigenvalue weighted by atomic mass is 16.3. The Morgan fingerprint density at radius 1 is 1.16 bits per heavy atom. The van der Waals surface area contributed by atoms with Crippen LogP contribution in [0.4, 0.5) is 0 Å². The second kappa shape index (κ2) is 7.56. The van der Waals surface area contributed by atoms with Crippen LogP contribution in [0.5, 0.6) is 0 Å². The first-order valence-corrected chi connectivity index (χ1v) is 10.8. The highest BCUT2D eigenvalue weighted by Gasteiger charge is 2.39. The largest absolute Gasteiger partial charge is 0.389 e. The Morgan fingerprint density at radius 2 is 1.97 bits per heavy atom. The molecule has 1 saturated carbocycles. The van der Waals surface area contributed by atoms with E-state index in [1.165, 1.54) is 11.3 Å². The van der Waals surface area contributed by atoms with Crippen LogP contribution in [0, 0.1) is 0 Å². The van der Waals surface area contributed by atoms with E-state index in [0.29, 0.717) is 24.9 Å². The molecule has 0 bridgehead atoms. The zero-order valence-electron chi connectivity index (χ0n) is 17.2. The molecule has 3 amide bonds. The molecular weight excluding hydrogens is 398 g/mol. The summed E-state index contributed by atoms with van der Waals surface area (Å²) in [5.41, 5.74) is 2.18. The van der Waals surface area contributed by atoms with E-state index in [1.54, 1.807) is 16.8 Å². The third-order valence-corrected chi connectivity index (χ3v) is 6.61. The molecule has 9 nitrogen and oxygen atoms in total. The van der Waals surface area contributed by atoms with Crippen molar-refractivity contribution in [3.05, 3.63) is 41.2 Å². The molecule has 2 fully saturated rings. The minimum atomic E-state index is -0.702. The van der Waals surface area contributed by atoms with E-state index in [0.717, 1.165) is 42.6 Å². The number of nitrogens with zero attached hydrogens (tertiary/aromatic N) is 4. The van der Waals surface area contributed by atoms with Gasteiger partial charge in [0.15, 0.2) is 0 Å². The monoisotopic (exact) mass is 423 g/mol. The Labute approximate surface area is 179 Å². The van der Waals surface area contributed by atoms with Crippen molar-refractivity contribution in [2.75, 3.05) is 0 Å². The molecule has 5 rings (SSSR count).